The minimum atomic E-state index is -0.745. The first-order chi connectivity index (χ1) is 36.6. The number of non-ortho nitro benzene ring substituents is 2. The van der Waals surface area contributed by atoms with Crippen molar-refractivity contribution < 1.29 is 74.3 Å². The Hall–Kier alpha value is -8.70. The van der Waals surface area contributed by atoms with Crippen LogP contribution in [0.25, 0.3) is 32.3 Å². The molecule has 6 aromatic carbocycles. The average Bonchev–Trinajstić information content (AvgIpc) is 3.42. The maximum absolute atomic E-state index is 13.2. The van der Waals surface area contributed by atoms with Crippen molar-refractivity contribution in [3.63, 3.8) is 0 Å². The summed E-state index contributed by atoms with van der Waals surface area (Å²) in [6.07, 6.45) is 5.12. The Morgan fingerprint density at radius 2 is 1.17 bits per heavy atom. The number of fused-ring (bicyclic) bond motifs is 3. The fourth-order valence-electron chi connectivity index (χ4n) is 6.53. The number of methoxy groups -OCH3 is 1. The molecule has 19 nitrogen and oxygen atoms in total. The Bertz CT molecular complexity index is 3430. The summed E-state index contributed by atoms with van der Waals surface area (Å²) in [5.74, 6) is 1.93. The molecule has 22 heteroatoms. The van der Waals surface area contributed by atoms with E-state index in [2.05, 4.69) is 23.3 Å². The Kier molecular flexibility index (Phi) is 28.4. The summed E-state index contributed by atoms with van der Waals surface area (Å²) < 4.78 is 35.1. The Morgan fingerprint density at radius 1 is 0.701 bits per heavy atom. The predicted octanol–water partition coefficient (Wildman–Crippen LogP) is 11.2. The second-order valence-corrected chi connectivity index (χ2v) is 14.9. The van der Waals surface area contributed by atoms with Crippen molar-refractivity contribution in [1.82, 2.24) is 15.0 Å². The van der Waals surface area contributed by atoms with Gasteiger partial charge in [0.05, 0.1) is 32.7 Å². The molecule has 0 aliphatic heterocycles. The minimum Gasteiger partial charge on any atom is -0.481 e. The zero-order valence-corrected chi connectivity index (χ0v) is 45.9. The summed E-state index contributed by atoms with van der Waals surface area (Å²) in [6, 6.07) is 39.7. The number of pyridine rings is 3. The van der Waals surface area contributed by atoms with Gasteiger partial charge in [-0.15, -0.1) is 0 Å². The molecular formula is C55H58BFN8O11U. The van der Waals surface area contributed by atoms with Crippen molar-refractivity contribution >= 4 is 81.1 Å². The Labute approximate surface area is 470 Å². The number of carbonyl (C=O) groups is 2. The maximum atomic E-state index is 13.2. The molecule has 0 aliphatic rings. The van der Waals surface area contributed by atoms with Crippen molar-refractivity contribution in [2.75, 3.05) is 30.9 Å². The van der Waals surface area contributed by atoms with E-state index < -0.39 is 21.6 Å². The fourth-order valence-corrected chi connectivity index (χ4v) is 6.53. The number of anilines is 3. The second kappa shape index (κ2) is 34.0. The van der Waals surface area contributed by atoms with Gasteiger partial charge in [-0.1, -0.05) is 88.9 Å². The number of carbonyl (C=O) groups excluding carboxylic acids is 1. The van der Waals surface area contributed by atoms with Gasteiger partial charge in [0.25, 0.3) is 11.4 Å². The summed E-state index contributed by atoms with van der Waals surface area (Å²) in [5, 5.41) is 33.1. The molecule has 0 unspecified atom stereocenters. The number of nitro groups is 2. The molecule has 0 amide bonds. The normalized spacial score (nSPS) is 9.65. The number of rotatable bonds is 11. The van der Waals surface area contributed by atoms with Crippen LogP contribution in [-0.2, 0) is 20.7 Å². The number of ether oxygens (including phenoxy) is 3. The molecule has 2 radical (unpaired) electrons. The van der Waals surface area contributed by atoms with Crippen LogP contribution >= 0.6 is 0 Å². The number of nitrogens with two attached hydrogens (primary N) is 3. The SMILES string of the molecule is C.CC.CCC(=O)O.COCC(=O)Cc1cc(Oc2ccc(N)c3ccccc23)ccn1.Nc1cc(=O)cc[nH]1.Nc1cc(Oc2ccc([N+](=O)[O-])c3ccccc23)ccn1.O=[N+]([O-])c1ccc(F)c2ccccc12.[2H][B].[U]. The van der Waals surface area contributed by atoms with Gasteiger partial charge in [0.1, 0.15) is 47.1 Å². The first kappa shape index (κ1) is 64.4. The summed E-state index contributed by atoms with van der Waals surface area (Å²) >= 11 is 0. The van der Waals surface area contributed by atoms with E-state index in [1.54, 1.807) is 79.9 Å². The number of benzene rings is 6. The number of carboxylic acids is 1. The van der Waals surface area contributed by atoms with E-state index in [1.807, 2.05) is 50.2 Å². The van der Waals surface area contributed by atoms with Crippen LogP contribution in [0.5, 0.6) is 23.0 Å². The van der Waals surface area contributed by atoms with Crippen molar-refractivity contribution in [1.29, 1.82) is 1.34 Å². The average molecular weight is 1280 g/mol. The van der Waals surface area contributed by atoms with Crippen molar-refractivity contribution in [2.45, 2.75) is 41.0 Å². The van der Waals surface area contributed by atoms with E-state index in [9.17, 15) is 39.0 Å². The van der Waals surface area contributed by atoms with Gasteiger partial charge in [-0.3, -0.25) is 39.6 Å². The first-order valence-corrected chi connectivity index (χ1v) is 22.5. The number of ketones is 1. The van der Waals surface area contributed by atoms with E-state index in [0.29, 0.717) is 62.2 Å². The van der Waals surface area contributed by atoms with Gasteiger partial charge in [-0.2, -0.15) is 0 Å². The van der Waals surface area contributed by atoms with Gasteiger partial charge >= 0.3 is 5.97 Å². The molecule has 9 aromatic rings. The summed E-state index contributed by atoms with van der Waals surface area (Å²) in [5.41, 5.74) is 18.1. The number of hydrogen-bond donors (Lipinski definition) is 5. The third-order valence-electron chi connectivity index (χ3n) is 9.80. The van der Waals surface area contributed by atoms with Crippen molar-refractivity contribution in [3.8, 4) is 23.0 Å². The summed E-state index contributed by atoms with van der Waals surface area (Å²) in [7, 11) is 5.25. The quantitative estimate of drug-likeness (QED) is 0.0348. The van der Waals surface area contributed by atoms with Crippen LogP contribution in [0.1, 0.15) is 40.3 Å². The van der Waals surface area contributed by atoms with Crippen LogP contribution in [0.3, 0.4) is 0 Å². The van der Waals surface area contributed by atoms with E-state index in [4.69, 9.17) is 37.9 Å². The predicted molar refractivity (Wildman–Crippen MR) is 298 cm³/mol. The number of halogens is 1. The third kappa shape index (κ3) is 20.5. The molecule has 0 saturated heterocycles. The summed E-state index contributed by atoms with van der Waals surface area (Å²) in [4.78, 5) is 62.9. The molecule has 3 aromatic heterocycles. The number of H-pyrrole nitrogens is 1. The number of nitrogen functional groups attached to an aromatic ring is 3. The number of aromatic nitrogens is 3. The number of hydrogen-bond acceptors (Lipinski definition) is 15. The third-order valence-corrected chi connectivity index (χ3v) is 9.80. The van der Waals surface area contributed by atoms with Crippen molar-refractivity contribution in [3.05, 3.63) is 206 Å². The topological polar surface area (TPSA) is 305 Å². The van der Waals surface area contributed by atoms with E-state index >= 15 is 0 Å². The number of Topliss-reactive ketones (excluding diaryl/α,β-unsaturated/α-hetero) is 1. The molecule has 0 saturated carbocycles. The molecule has 8 N–H and O–H groups in total. The molecule has 398 valence electrons. The zero-order valence-electron chi connectivity index (χ0n) is 42.7. The number of aromatic amines is 1. The molecule has 0 aliphatic carbocycles. The van der Waals surface area contributed by atoms with Gasteiger partial charge in [0, 0.05) is 135 Å². The number of nitrogens with one attached hydrogen (secondary N) is 1. The molecule has 77 heavy (non-hydrogen) atoms. The number of nitro benzene ring substituents is 2. The van der Waals surface area contributed by atoms with E-state index in [-0.39, 0.29) is 86.0 Å². The second-order valence-electron chi connectivity index (χ2n) is 14.9. The molecule has 3 heterocycles. The number of aliphatic carboxylic acids is 1. The van der Waals surface area contributed by atoms with Crippen LogP contribution in [-0.4, -0.2) is 65.1 Å². The smallest absolute Gasteiger partial charge is 0.303 e. The molecule has 0 bridgehead atoms. The van der Waals surface area contributed by atoms with Gasteiger partial charge in [-0.25, -0.2) is 9.37 Å². The Balaban J connectivity index is 0.000000513. The molecular weight excluding hydrogens is 1220 g/mol. The van der Waals surface area contributed by atoms with Gasteiger partial charge < -0.3 is 41.5 Å². The molecule has 9 rings (SSSR count). The van der Waals surface area contributed by atoms with Crippen LogP contribution < -0.4 is 32.1 Å². The van der Waals surface area contributed by atoms with Gasteiger partial charge in [0.2, 0.25) is 0 Å². The fraction of sp³-hybridized carbons (Fsp3) is 0.145. The molecule has 0 fully saturated rings. The van der Waals surface area contributed by atoms with Gasteiger partial charge in [-0.05, 0) is 49.9 Å². The summed E-state index contributed by atoms with van der Waals surface area (Å²) in [6.45, 7) is 5.68. The zero-order chi connectivity index (χ0) is 56.2. The first-order valence-electron chi connectivity index (χ1n) is 23.1. The van der Waals surface area contributed by atoms with Crippen LogP contribution in [0, 0.1) is 57.2 Å². The standard InChI is InChI=1S/C19H18N2O3.C15H11N3O3.C10H6FNO2.C5H6N2O.C3H6O2.C2H6.CH4.BH.U/c1-23-12-14(22)10-13-11-15(8-9-21-13)24-19-7-6-18(20)16-4-2-3-5-17(16)19;16-15-9-10(7-8-17-15)21-14-6-5-13(18(19)20)11-3-1-2-4-12(11)14;11-9-5-6-10(12(13)14)8-4-2-1-3-7(8)9;6-5-3-4(8)1-2-7-5;1-2-3(4)5;1-2;;;/h2-9,11H,10,12,20H2,1H3;1-9H,(H2,16,17);1-6H;1-3H,(H3,6,7,8);2H2,1H3,(H,4,5);1-2H3;1H4;1H;/i;;;;;;;1D;. The molecule has 0 spiro atoms. The van der Waals surface area contributed by atoms with Crippen molar-refractivity contribution in [2.24, 2.45) is 0 Å². The largest absolute Gasteiger partial charge is 0.481 e. The van der Waals surface area contributed by atoms with Crippen LogP contribution in [0.2, 0.25) is 0 Å². The van der Waals surface area contributed by atoms with Gasteiger partial charge in [0.15, 0.2) is 11.2 Å². The monoisotopic (exact) mass is 1280 g/mol. The van der Waals surface area contributed by atoms with E-state index in [0.717, 1.165) is 16.8 Å². The Morgan fingerprint density at radius 3 is 1.66 bits per heavy atom. The molecule has 0 atom stereocenters. The maximum Gasteiger partial charge on any atom is 0.303 e. The van der Waals surface area contributed by atoms with E-state index in [1.165, 1.54) is 55.9 Å². The number of carboxylic acid groups (broad SMARTS) is 1. The van der Waals surface area contributed by atoms with Crippen LogP contribution in [0.4, 0.5) is 33.1 Å². The van der Waals surface area contributed by atoms with Crippen LogP contribution in [0.15, 0.2) is 169 Å². The number of nitrogens with zero attached hydrogens (tertiary/aromatic N) is 4. The minimum absolute atomic E-state index is 0.